The number of benzene rings is 1. The second-order valence-corrected chi connectivity index (χ2v) is 7.44. The van der Waals surface area contributed by atoms with E-state index in [9.17, 15) is 14.7 Å². The number of nitrogens with one attached hydrogen (secondary N) is 2. The molecule has 0 amide bonds. The van der Waals surface area contributed by atoms with Crippen LogP contribution >= 0.6 is 0 Å². The van der Waals surface area contributed by atoms with E-state index in [4.69, 9.17) is 10.2 Å². The minimum absolute atomic E-state index is 0.0277. The highest BCUT2D eigenvalue weighted by Crippen LogP contribution is 2.22. The number of hydrogen-bond acceptors (Lipinski definition) is 7. The Morgan fingerprint density at radius 2 is 1.87 bits per heavy atom. The van der Waals surface area contributed by atoms with E-state index < -0.39 is 11.9 Å². The molecule has 2 aromatic rings. The van der Waals surface area contributed by atoms with Crippen LogP contribution in [0, 0.1) is 6.92 Å². The van der Waals surface area contributed by atoms with Gasteiger partial charge in [0.15, 0.2) is 0 Å². The number of nitrogens with zero attached hydrogens (tertiary/aromatic N) is 2. The third-order valence-electron chi connectivity index (χ3n) is 5.08. The van der Waals surface area contributed by atoms with Crippen molar-refractivity contribution in [2.24, 2.45) is 0 Å². The summed E-state index contributed by atoms with van der Waals surface area (Å²) in [5, 5.41) is 33.1. The number of carbonyl (C=O) groups is 2. The molecule has 1 fully saturated rings. The zero-order valence-corrected chi connectivity index (χ0v) is 18.0. The van der Waals surface area contributed by atoms with Crippen molar-refractivity contribution in [3.8, 4) is 0 Å². The van der Waals surface area contributed by atoms with Gasteiger partial charge in [0.1, 0.15) is 5.82 Å². The highest BCUT2D eigenvalue weighted by Gasteiger charge is 2.21. The van der Waals surface area contributed by atoms with Crippen LogP contribution in [0.25, 0.3) is 0 Å². The lowest BCUT2D eigenvalue weighted by molar-refractivity contribution is 0.0696. The van der Waals surface area contributed by atoms with Crippen molar-refractivity contribution in [3.63, 3.8) is 0 Å². The van der Waals surface area contributed by atoms with Crippen LogP contribution in [0.1, 0.15) is 39.6 Å². The van der Waals surface area contributed by atoms with Crippen LogP contribution in [0.15, 0.2) is 36.5 Å². The number of aliphatic hydroxyl groups excluding tert-OH is 1. The van der Waals surface area contributed by atoms with Gasteiger partial charge in [0.25, 0.3) is 0 Å². The number of likely N-dealkylation sites (N-methyl/N-ethyl adjacent to an activating group) is 1. The Bertz CT molecular complexity index is 871. The lowest BCUT2D eigenvalue weighted by Crippen LogP contribution is -2.29. The fraction of sp³-hybridized carbons (Fsp3) is 0.409. The number of anilines is 2. The molecule has 1 unspecified atom stereocenters. The molecule has 2 heterocycles. The van der Waals surface area contributed by atoms with Gasteiger partial charge < -0.3 is 30.9 Å². The van der Waals surface area contributed by atoms with Crippen molar-refractivity contribution < 1.29 is 24.9 Å². The molecule has 0 bridgehead atoms. The summed E-state index contributed by atoms with van der Waals surface area (Å²) in [4.78, 5) is 27.8. The molecule has 0 saturated carbocycles. The average Bonchev–Trinajstić information content (AvgIpc) is 3.22. The molecule has 0 spiro atoms. The number of rotatable bonds is 7. The zero-order chi connectivity index (χ0) is 23.0. The molecule has 1 saturated heterocycles. The summed E-state index contributed by atoms with van der Waals surface area (Å²) in [5.41, 5.74) is 1.53. The van der Waals surface area contributed by atoms with E-state index in [0.717, 1.165) is 18.9 Å². The Morgan fingerprint density at radius 3 is 2.39 bits per heavy atom. The molecule has 3 rings (SSSR count). The summed E-state index contributed by atoms with van der Waals surface area (Å²) in [7, 11) is 2.01. The number of carboxylic acid groups (broad SMARTS) is 2. The molecule has 168 valence electrons. The molecule has 5 N–H and O–H groups in total. The van der Waals surface area contributed by atoms with E-state index in [1.54, 1.807) is 6.92 Å². The van der Waals surface area contributed by atoms with Crippen molar-refractivity contribution in [2.45, 2.75) is 32.4 Å². The number of hydrogen-bond donors (Lipinski definition) is 5. The van der Waals surface area contributed by atoms with E-state index in [-0.39, 0.29) is 22.8 Å². The molecular formula is C22H30N4O5. The quantitative estimate of drug-likeness (QED) is 0.447. The van der Waals surface area contributed by atoms with Gasteiger partial charge >= 0.3 is 11.9 Å². The number of pyridine rings is 1. The highest BCUT2D eigenvalue weighted by atomic mass is 16.4. The van der Waals surface area contributed by atoms with Crippen molar-refractivity contribution in [1.82, 2.24) is 10.3 Å². The van der Waals surface area contributed by atoms with Crippen molar-refractivity contribution >= 4 is 23.4 Å². The molecule has 9 heteroatoms. The van der Waals surface area contributed by atoms with E-state index in [1.165, 1.54) is 37.2 Å². The molecule has 0 radical (unpaired) electrons. The number of carboxylic acids is 2. The molecule has 1 aromatic carbocycles. The van der Waals surface area contributed by atoms with Gasteiger partial charge in [0, 0.05) is 43.6 Å². The van der Waals surface area contributed by atoms with E-state index in [1.807, 2.05) is 25.4 Å². The van der Waals surface area contributed by atoms with Crippen molar-refractivity contribution in [1.29, 1.82) is 0 Å². The molecule has 31 heavy (non-hydrogen) atoms. The monoisotopic (exact) mass is 430 g/mol. The summed E-state index contributed by atoms with van der Waals surface area (Å²) in [5.74, 6) is -1.40. The second kappa shape index (κ2) is 11.3. The Morgan fingerprint density at radius 1 is 1.23 bits per heavy atom. The Labute approximate surface area is 181 Å². The van der Waals surface area contributed by atoms with Crippen LogP contribution in [0.3, 0.4) is 0 Å². The zero-order valence-electron chi connectivity index (χ0n) is 18.0. The SMILES string of the molecule is CN[C@H]1CCN(c2ccnc(NCC(C)O)c2)C1.Cc1c(C(=O)O)cccc1C(=O)O. The van der Waals surface area contributed by atoms with Gasteiger partial charge in [-0.2, -0.15) is 0 Å². The largest absolute Gasteiger partial charge is 0.478 e. The third kappa shape index (κ3) is 6.94. The first kappa shape index (κ1) is 24.1. The Hall–Kier alpha value is -3.17. The minimum Gasteiger partial charge on any atom is -0.478 e. The summed E-state index contributed by atoms with van der Waals surface area (Å²) in [6.07, 6.45) is 2.62. The van der Waals surface area contributed by atoms with Crippen LogP contribution in [0.4, 0.5) is 11.5 Å². The van der Waals surface area contributed by atoms with Crippen molar-refractivity contribution in [2.75, 3.05) is 36.9 Å². The average molecular weight is 431 g/mol. The summed E-state index contributed by atoms with van der Waals surface area (Å²) in [6.45, 7) is 5.87. The molecule has 1 aliphatic heterocycles. The molecular weight excluding hydrogens is 400 g/mol. The van der Waals surface area contributed by atoms with Gasteiger partial charge in [-0.3, -0.25) is 0 Å². The van der Waals surface area contributed by atoms with Crippen molar-refractivity contribution in [3.05, 3.63) is 53.2 Å². The summed E-state index contributed by atoms with van der Waals surface area (Å²) in [6, 6.07) is 8.83. The Balaban J connectivity index is 0.000000233. The topological polar surface area (TPSA) is 135 Å². The van der Waals surface area contributed by atoms with Crippen LogP contribution < -0.4 is 15.5 Å². The molecule has 1 aromatic heterocycles. The maximum atomic E-state index is 10.6. The second-order valence-electron chi connectivity index (χ2n) is 7.44. The smallest absolute Gasteiger partial charge is 0.335 e. The number of aromatic nitrogens is 1. The van der Waals surface area contributed by atoms with Gasteiger partial charge in [-0.15, -0.1) is 0 Å². The first-order valence-electron chi connectivity index (χ1n) is 10.1. The maximum absolute atomic E-state index is 10.6. The standard InChI is InChI=1S/C13H22N4O.C9H8O4/c1-10(18)8-16-13-7-12(3-5-15-13)17-6-4-11(9-17)14-2;1-5-6(8(10)11)3-2-4-7(5)9(12)13/h3,5,7,10-11,14,18H,4,6,8-9H2,1-2H3,(H,15,16);2-4H,1H3,(H,10,11)(H,12,13)/t10?,11-;/m0./s1. The van der Waals surface area contributed by atoms with Crippen LogP contribution in [-0.4, -0.2) is 71.1 Å². The first-order valence-corrected chi connectivity index (χ1v) is 10.1. The lowest BCUT2D eigenvalue weighted by atomic mass is 10.0. The Kier molecular flexibility index (Phi) is 8.77. The highest BCUT2D eigenvalue weighted by molar-refractivity contribution is 5.96. The van der Waals surface area contributed by atoms with Gasteiger partial charge in [0.2, 0.25) is 0 Å². The van der Waals surface area contributed by atoms with Gasteiger partial charge in [0.05, 0.1) is 17.2 Å². The van der Waals surface area contributed by atoms with Crippen LogP contribution in [0.2, 0.25) is 0 Å². The van der Waals surface area contributed by atoms with E-state index in [0.29, 0.717) is 12.6 Å². The van der Waals surface area contributed by atoms with Gasteiger partial charge in [-0.1, -0.05) is 6.07 Å². The fourth-order valence-electron chi connectivity index (χ4n) is 3.29. The summed E-state index contributed by atoms with van der Waals surface area (Å²) >= 11 is 0. The lowest BCUT2D eigenvalue weighted by Gasteiger charge is -2.19. The van der Waals surface area contributed by atoms with Gasteiger partial charge in [-0.05, 0) is 51.1 Å². The normalized spacial score (nSPS) is 16.3. The molecule has 9 nitrogen and oxygen atoms in total. The minimum atomic E-state index is -1.11. The summed E-state index contributed by atoms with van der Waals surface area (Å²) < 4.78 is 0. The first-order chi connectivity index (χ1) is 14.7. The van der Waals surface area contributed by atoms with Gasteiger partial charge in [-0.25, -0.2) is 14.6 Å². The number of aliphatic hydroxyl groups is 1. The third-order valence-corrected chi connectivity index (χ3v) is 5.08. The maximum Gasteiger partial charge on any atom is 0.335 e. The molecule has 2 atom stereocenters. The van der Waals surface area contributed by atoms with E-state index >= 15 is 0 Å². The predicted octanol–water partition coefficient (Wildman–Crippen LogP) is 2.06. The van der Waals surface area contributed by atoms with Crippen LogP contribution in [0.5, 0.6) is 0 Å². The fourth-order valence-corrected chi connectivity index (χ4v) is 3.29. The molecule has 1 aliphatic rings. The number of aromatic carboxylic acids is 2. The predicted molar refractivity (Wildman–Crippen MR) is 119 cm³/mol. The van der Waals surface area contributed by atoms with Crippen LogP contribution in [-0.2, 0) is 0 Å². The van der Waals surface area contributed by atoms with E-state index in [2.05, 4.69) is 20.5 Å². The molecule has 0 aliphatic carbocycles.